The van der Waals surface area contributed by atoms with Crippen LogP contribution in [-0.4, -0.2) is 15.0 Å². The highest BCUT2D eigenvalue weighted by atomic mass is 35.5. The molecule has 0 amide bonds. The van der Waals surface area contributed by atoms with Crippen LogP contribution < -0.4 is 0 Å². The van der Waals surface area contributed by atoms with Gasteiger partial charge in [0.05, 0.1) is 5.56 Å². The van der Waals surface area contributed by atoms with Crippen molar-refractivity contribution in [2.75, 3.05) is 0 Å². The number of hydrogen-bond acceptors (Lipinski definition) is 3. The quantitative estimate of drug-likeness (QED) is 0.606. The van der Waals surface area contributed by atoms with Gasteiger partial charge in [0.25, 0.3) is 0 Å². The molecule has 6 heteroatoms. The molecule has 0 atom stereocenters. The Morgan fingerprint density at radius 3 is 2.14 bits per heavy atom. The lowest BCUT2D eigenvalue weighted by Crippen LogP contribution is -1.95. The molecule has 0 saturated heterocycles. The van der Waals surface area contributed by atoms with Crippen LogP contribution in [0.15, 0.2) is 48.8 Å². The summed E-state index contributed by atoms with van der Waals surface area (Å²) >= 11 is 18.7. The van der Waals surface area contributed by atoms with E-state index >= 15 is 0 Å². The minimum absolute atomic E-state index is 0.252. The van der Waals surface area contributed by atoms with Crippen LogP contribution in [0.25, 0.3) is 22.5 Å². The van der Waals surface area contributed by atoms with E-state index in [0.29, 0.717) is 22.0 Å². The van der Waals surface area contributed by atoms with Gasteiger partial charge in [0, 0.05) is 28.5 Å². The minimum Gasteiger partial charge on any atom is -0.264 e. The van der Waals surface area contributed by atoms with E-state index in [9.17, 15) is 0 Å². The number of benzene rings is 1. The molecular formula is C15H8Cl3N3. The highest BCUT2D eigenvalue weighted by molar-refractivity contribution is 6.40. The normalized spacial score (nSPS) is 10.6. The van der Waals surface area contributed by atoms with Crippen molar-refractivity contribution in [3.05, 3.63) is 64.1 Å². The highest BCUT2D eigenvalue weighted by Gasteiger charge is 2.16. The van der Waals surface area contributed by atoms with Crippen LogP contribution in [0.2, 0.25) is 15.3 Å². The summed E-state index contributed by atoms with van der Waals surface area (Å²) in [6, 6.07) is 10.9. The Balaban J connectivity index is 2.16. The average Bonchev–Trinajstić information content (AvgIpc) is 2.49. The topological polar surface area (TPSA) is 38.7 Å². The number of aromatic nitrogens is 3. The summed E-state index contributed by atoms with van der Waals surface area (Å²) in [7, 11) is 0. The average molecular weight is 337 g/mol. The number of pyridine rings is 1. The molecule has 0 aliphatic rings. The van der Waals surface area contributed by atoms with E-state index in [-0.39, 0.29) is 10.3 Å². The second kappa shape index (κ2) is 5.98. The van der Waals surface area contributed by atoms with Gasteiger partial charge in [0.1, 0.15) is 10.3 Å². The van der Waals surface area contributed by atoms with Crippen LogP contribution in [0, 0.1) is 0 Å². The fraction of sp³-hybridized carbons (Fsp3) is 0. The van der Waals surface area contributed by atoms with E-state index in [2.05, 4.69) is 15.0 Å². The lowest BCUT2D eigenvalue weighted by molar-refractivity contribution is 1.17. The van der Waals surface area contributed by atoms with Crippen LogP contribution in [-0.2, 0) is 0 Å². The zero-order valence-electron chi connectivity index (χ0n) is 10.6. The van der Waals surface area contributed by atoms with Gasteiger partial charge in [-0.1, -0.05) is 53.0 Å². The summed E-state index contributed by atoms with van der Waals surface area (Å²) in [6.45, 7) is 0. The van der Waals surface area contributed by atoms with Crippen molar-refractivity contribution >= 4 is 34.8 Å². The molecule has 0 aliphatic carbocycles. The molecule has 104 valence electrons. The summed E-state index contributed by atoms with van der Waals surface area (Å²) in [4.78, 5) is 12.6. The highest BCUT2D eigenvalue weighted by Crippen LogP contribution is 2.37. The first-order chi connectivity index (χ1) is 10.2. The first kappa shape index (κ1) is 14.3. The van der Waals surface area contributed by atoms with Gasteiger partial charge in [-0.2, -0.15) is 0 Å². The Kier molecular flexibility index (Phi) is 4.06. The molecule has 0 N–H and O–H groups in total. The van der Waals surface area contributed by atoms with Gasteiger partial charge in [-0.15, -0.1) is 0 Å². The summed E-state index contributed by atoms with van der Waals surface area (Å²) in [5.41, 5.74) is 1.97. The number of hydrogen-bond donors (Lipinski definition) is 0. The smallest absolute Gasteiger partial charge is 0.164 e. The van der Waals surface area contributed by atoms with Gasteiger partial charge in [-0.05, 0) is 18.2 Å². The third-order valence-electron chi connectivity index (χ3n) is 2.88. The van der Waals surface area contributed by atoms with Gasteiger partial charge in [0.15, 0.2) is 5.82 Å². The molecule has 3 rings (SSSR count). The predicted octanol–water partition coefficient (Wildman–Crippen LogP) is 5.17. The van der Waals surface area contributed by atoms with Crippen molar-refractivity contribution in [2.24, 2.45) is 0 Å². The molecule has 0 aliphatic heterocycles. The predicted molar refractivity (Wildman–Crippen MR) is 85.7 cm³/mol. The van der Waals surface area contributed by atoms with Crippen molar-refractivity contribution in [3.63, 3.8) is 0 Å². The van der Waals surface area contributed by atoms with Crippen LogP contribution >= 0.6 is 34.8 Å². The van der Waals surface area contributed by atoms with Crippen molar-refractivity contribution in [2.45, 2.75) is 0 Å². The number of rotatable bonds is 2. The minimum atomic E-state index is 0.252. The van der Waals surface area contributed by atoms with Crippen LogP contribution in [0.4, 0.5) is 0 Å². The molecule has 21 heavy (non-hydrogen) atoms. The molecule has 3 aromatic rings. The van der Waals surface area contributed by atoms with E-state index in [4.69, 9.17) is 34.8 Å². The first-order valence-corrected chi connectivity index (χ1v) is 7.18. The van der Waals surface area contributed by atoms with E-state index in [1.807, 2.05) is 24.3 Å². The van der Waals surface area contributed by atoms with Crippen molar-refractivity contribution in [3.8, 4) is 22.5 Å². The number of nitrogens with zero attached hydrogens (tertiary/aromatic N) is 3. The molecule has 2 heterocycles. The lowest BCUT2D eigenvalue weighted by atomic mass is 10.1. The Bertz CT molecular complexity index is 768. The molecule has 0 bridgehead atoms. The Labute approximate surface area is 136 Å². The molecule has 0 unspecified atom stereocenters. The molecule has 2 aromatic heterocycles. The SMILES string of the molecule is Clc1ccccc1-c1c(Cl)nc(-c2cccnc2)nc1Cl. The van der Waals surface area contributed by atoms with Crippen LogP contribution in [0.3, 0.4) is 0 Å². The maximum atomic E-state index is 6.28. The maximum Gasteiger partial charge on any atom is 0.164 e. The third-order valence-corrected chi connectivity index (χ3v) is 3.76. The van der Waals surface area contributed by atoms with Gasteiger partial charge in [-0.3, -0.25) is 4.98 Å². The third kappa shape index (κ3) is 2.86. The number of halogens is 3. The van der Waals surface area contributed by atoms with E-state index in [0.717, 1.165) is 5.56 Å². The zero-order chi connectivity index (χ0) is 14.8. The summed E-state index contributed by atoms with van der Waals surface area (Å²) in [6.07, 6.45) is 3.32. The van der Waals surface area contributed by atoms with Gasteiger partial charge in [0.2, 0.25) is 0 Å². The fourth-order valence-corrected chi connectivity index (χ4v) is 2.74. The zero-order valence-corrected chi connectivity index (χ0v) is 12.9. The van der Waals surface area contributed by atoms with E-state index in [1.54, 1.807) is 24.5 Å². The Morgan fingerprint density at radius 2 is 1.52 bits per heavy atom. The van der Waals surface area contributed by atoms with Crippen LogP contribution in [0.1, 0.15) is 0 Å². The Hall–Kier alpha value is -1.68. The second-order valence-electron chi connectivity index (χ2n) is 4.23. The van der Waals surface area contributed by atoms with Crippen molar-refractivity contribution in [1.82, 2.24) is 15.0 Å². The first-order valence-electron chi connectivity index (χ1n) is 6.05. The van der Waals surface area contributed by atoms with Crippen molar-refractivity contribution < 1.29 is 0 Å². The molecule has 3 nitrogen and oxygen atoms in total. The second-order valence-corrected chi connectivity index (χ2v) is 5.35. The largest absolute Gasteiger partial charge is 0.264 e. The molecule has 0 fully saturated rings. The molecule has 0 spiro atoms. The van der Waals surface area contributed by atoms with Gasteiger partial charge < -0.3 is 0 Å². The summed E-state index contributed by atoms with van der Waals surface area (Å²) < 4.78 is 0. The van der Waals surface area contributed by atoms with Crippen molar-refractivity contribution in [1.29, 1.82) is 0 Å². The van der Waals surface area contributed by atoms with E-state index < -0.39 is 0 Å². The fourth-order valence-electron chi connectivity index (χ4n) is 1.92. The standard InChI is InChI=1S/C15H8Cl3N3/c16-11-6-2-1-5-10(11)12-13(17)20-15(21-14(12)18)9-4-3-7-19-8-9/h1-8H. The van der Waals surface area contributed by atoms with Crippen LogP contribution in [0.5, 0.6) is 0 Å². The van der Waals surface area contributed by atoms with Gasteiger partial charge >= 0.3 is 0 Å². The van der Waals surface area contributed by atoms with Gasteiger partial charge in [-0.25, -0.2) is 9.97 Å². The molecule has 0 saturated carbocycles. The maximum absolute atomic E-state index is 6.28. The lowest BCUT2D eigenvalue weighted by Gasteiger charge is -2.09. The molecule has 0 radical (unpaired) electrons. The summed E-state index contributed by atoms with van der Waals surface area (Å²) in [5, 5.41) is 1.04. The molecule has 1 aromatic carbocycles. The Morgan fingerprint density at radius 1 is 0.810 bits per heavy atom. The summed E-state index contributed by atoms with van der Waals surface area (Å²) in [5.74, 6) is 0.425. The monoisotopic (exact) mass is 335 g/mol. The molecular weight excluding hydrogens is 329 g/mol. The van der Waals surface area contributed by atoms with E-state index in [1.165, 1.54) is 0 Å².